The molecule has 0 unspecified atom stereocenters. The van der Waals surface area contributed by atoms with E-state index in [1.54, 1.807) is 13.8 Å². The quantitative estimate of drug-likeness (QED) is 0.136. The van der Waals surface area contributed by atoms with Crippen molar-refractivity contribution >= 4 is 57.4 Å². The molecule has 0 aliphatic carbocycles. The van der Waals surface area contributed by atoms with Crippen molar-refractivity contribution in [1.82, 2.24) is 0 Å². The molecule has 4 aromatic rings. The number of amides is 2. The molecule has 12 heteroatoms. The van der Waals surface area contributed by atoms with Gasteiger partial charge in [-0.25, -0.2) is 0 Å². The predicted octanol–water partition coefficient (Wildman–Crippen LogP) is 7.93. The smallest absolute Gasteiger partial charge is 0.301 e. The maximum absolute atomic E-state index is 13.3. The van der Waals surface area contributed by atoms with Gasteiger partial charge in [-0.05, 0) is 111 Å². The summed E-state index contributed by atoms with van der Waals surface area (Å²) in [5.41, 5.74) is 14.0. The average Bonchev–Trinajstić information content (AvgIpc) is 3.61. The summed E-state index contributed by atoms with van der Waals surface area (Å²) >= 11 is 0. The number of nitrogens with one attached hydrogen (secondary N) is 2. The average molecular weight is 699 g/mol. The minimum absolute atomic E-state index is 0.223. The Bertz CT molecular complexity index is 1960. The molecule has 0 spiro atoms. The van der Waals surface area contributed by atoms with E-state index >= 15 is 0 Å². The van der Waals surface area contributed by atoms with Gasteiger partial charge < -0.3 is 9.47 Å². The molecule has 0 saturated carbocycles. The number of anilines is 4. The highest BCUT2D eigenvalue weighted by molar-refractivity contribution is 6.71. The number of ether oxygens (including phenoxy) is 2. The number of hydrogen-bond donors (Lipinski definition) is 2. The van der Waals surface area contributed by atoms with Crippen LogP contribution in [0.1, 0.15) is 51.7 Å². The van der Waals surface area contributed by atoms with Crippen molar-refractivity contribution in [2.75, 3.05) is 34.1 Å². The van der Waals surface area contributed by atoms with Crippen molar-refractivity contribution in [2.45, 2.75) is 54.4 Å². The first-order valence-corrected chi connectivity index (χ1v) is 17.3. The third-order valence-electron chi connectivity index (χ3n) is 8.42. The van der Waals surface area contributed by atoms with E-state index in [2.05, 4.69) is 31.3 Å². The Morgan fingerprint density at radius 3 is 1.35 bits per heavy atom. The summed E-state index contributed by atoms with van der Waals surface area (Å²) in [6.45, 7) is 12.6. The topological polar surface area (TPSA) is 133 Å². The van der Waals surface area contributed by atoms with Crippen LogP contribution in [0.25, 0.3) is 11.1 Å². The molecule has 2 aliphatic heterocycles. The Morgan fingerprint density at radius 2 is 0.981 bits per heavy atom. The summed E-state index contributed by atoms with van der Waals surface area (Å²) in [6, 6.07) is 26.4. The third kappa shape index (κ3) is 7.41. The molecule has 2 amide bonds. The van der Waals surface area contributed by atoms with Gasteiger partial charge in [-0.3, -0.25) is 20.4 Å². The Kier molecular flexibility index (Phi) is 10.7. The van der Waals surface area contributed by atoms with Crippen molar-refractivity contribution in [1.29, 1.82) is 0 Å². The van der Waals surface area contributed by atoms with Crippen molar-refractivity contribution in [3.05, 3.63) is 96.1 Å². The number of carbonyl (C=O) groups is 2. The van der Waals surface area contributed by atoms with Gasteiger partial charge >= 0.3 is 11.8 Å². The summed E-state index contributed by atoms with van der Waals surface area (Å²) in [4.78, 5) is 26.5. The van der Waals surface area contributed by atoms with E-state index in [1.165, 1.54) is 10.0 Å². The van der Waals surface area contributed by atoms with E-state index < -0.39 is 0 Å². The summed E-state index contributed by atoms with van der Waals surface area (Å²) in [5, 5.41) is 20.6. The van der Waals surface area contributed by atoms with E-state index in [4.69, 9.17) is 9.47 Å². The highest BCUT2D eigenvalue weighted by Crippen LogP contribution is 2.40. The Balaban J connectivity index is 1.29. The molecule has 0 aromatic heterocycles. The number of para-hydroxylation sites is 2. The van der Waals surface area contributed by atoms with Crippen LogP contribution in [0.2, 0.25) is 0 Å². The molecule has 2 N–H and O–H groups in total. The number of benzene rings is 4. The van der Waals surface area contributed by atoms with Gasteiger partial charge in [-0.15, -0.1) is 0 Å². The predicted molar refractivity (Wildman–Crippen MR) is 209 cm³/mol. The van der Waals surface area contributed by atoms with Crippen LogP contribution in [-0.4, -0.2) is 47.9 Å². The molecule has 2 aliphatic rings. The Hall–Kier alpha value is -6.30. The van der Waals surface area contributed by atoms with E-state index in [-0.39, 0.29) is 23.2 Å². The molecule has 2 heterocycles. The normalized spacial score (nSPS) is 15.7. The number of rotatable bonds is 13. The number of hydrazone groups is 4. The summed E-state index contributed by atoms with van der Waals surface area (Å²) in [7, 11) is 0. The fourth-order valence-electron chi connectivity index (χ4n) is 5.77. The lowest BCUT2D eigenvalue weighted by atomic mass is 9.95. The van der Waals surface area contributed by atoms with Crippen molar-refractivity contribution < 1.29 is 19.1 Å². The van der Waals surface area contributed by atoms with Crippen LogP contribution in [-0.2, 0) is 9.59 Å². The Morgan fingerprint density at radius 1 is 0.596 bits per heavy atom. The van der Waals surface area contributed by atoms with Crippen LogP contribution >= 0.6 is 0 Å². The standard InChI is InChI=1S/C40H42N8O4/c1-7-19-51-35-23-31(25(3)21-33(35)41-43-37-27(5)45-47(39(37)49)29-15-11-9-12-16-29)32-24-36(52-20-8-2)34(22-26(32)4)42-44-38-28(6)46-48(40(38)50)30-17-13-10-14-18-30/h9-18,21-24,41-42H,7-8,19-20H2,1-6H3/b43-37-,44-38+. The van der Waals surface area contributed by atoms with Gasteiger partial charge in [0.25, 0.3) is 0 Å². The molecule has 0 fully saturated rings. The van der Waals surface area contributed by atoms with Gasteiger partial charge in [0.05, 0.1) is 47.4 Å². The Labute approximate surface area is 303 Å². The maximum Gasteiger partial charge on any atom is 0.301 e. The summed E-state index contributed by atoms with van der Waals surface area (Å²) in [6.07, 6.45) is 1.61. The molecule has 0 atom stereocenters. The van der Waals surface area contributed by atoms with Crippen molar-refractivity contribution in [2.24, 2.45) is 20.4 Å². The van der Waals surface area contributed by atoms with Gasteiger partial charge in [0, 0.05) is 0 Å². The van der Waals surface area contributed by atoms with Gasteiger partial charge in [-0.1, -0.05) is 50.2 Å². The van der Waals surface area contributed by atoms with E-state index in [0.717, 1.165) is 35.1 Å². The van der Waals surface area contributed by atoms with Crippen molar-refractivity contribution in [3.8, 4) is 22.6 Å². The van der Waals surface area contributed by atoms with Gasteiger partial charge in [0.1, 0.15) is 11.5 Å². The molecule has 0 bridgehead atoms. The van der Waals surface area contributed by atoms with Gasteiger partial charge in [0.15, 0.2) is 11.4 Å². The monoisotopic (exact) mass is 698 g/mol. The highest BCUT2D eigenvalue weighted by atomic mass is 16.5. The van der Waals surface area contributed by atoms with Crippen molar-refractivity contribution in [3.63, 3.8) is 0 Å². The second-order valence-electron chi connectivity index (χ2n) is 12.4. The van der Waals surface area contributed by atoms with Crippen LogP contribution in [0.4, 0.5) is 22.7 Å². The zero-order valence-electron chi connectivity index (χ0n) is 30.2. The molecular formula is C40H42N8O4. The van der Waals surface area contributed by atoms with Gasteiger partial charge in [-0.2, -0.15) is 30.4 Å². The van der Waals surface area contributed by atoms with Crippen LogP contribution in [0.3, 0.4) is 0 Å². The first-order valence-electron chi connectivity index (χ1n) is 17.3. The van der Waals surface area contributed by atoms with Crippen LogP contribution < -0.4 is 30.3 Å². The van der Waals surface area contributed by atoms with Crippen LogP contribution in [0, 0.1) is 13.8 Å². The number of nitrogens with zero attached hydrogens (tertiary/aromatic N) is 6. The zero-order valence-corrected chi connectivity index (χ0v) is 30.2. The van der Waals surface area contributed by atoms with E-state index in [9.17, 15) is 9.59 Å². The number of aryl methyl sites for hydroxylation is 2. The zero-order chi connectivity index (χ0) is 36.8. The highest BCUT2D eigenvalue weighted by Gasteiger charge is 2.32. The lowest BCUT2D eigenvalue weighted by molar-refractivity contribution is -0.112. The molecule has 266 valence electrons. The summed E-state index contributed by atoms with van der Waals surface area (Å²) < 4.78 is 12.4. The van der Waals surface area contributed by atoms with Crippen LogP contribution in [0.15, 0.2) is 105 Å². The molecule has 52 heavy (non-hydrogen) atoms. The van der Waals surface area contributed by atoms with Gasteiger partial charge in [0.2, 0.25) is 0 Å². The molecule has 4 aromatic carbocycles. The molecule has 0 radical (unpaired) electrons. The first-order chi connectivity index (χ1) is 25.2. The lowest BCUT2D eigenvalue weighted by Crippen LogP contribution is -2.27. The minimum atomic E-state index is -0.317. The number of carbonyl (C=O) groups excluding carboxylic acids is 2. The first kappa shape index (κ1) is 35.5. The largest absolute Gasteiger partial charge is 0.491 e. The fraction of sp³-hybridized carbons (Fsp3) is 0.250. The van der Waals surface area contributed by atoms with E-state index in [1.807, 2.05) is 113 Å². The minimum Gasteiger partial charge on any atom is -0.491 e. The van der Waals surface area contributed by atoms with Crippen LogP contribution in [0.5, 0.6) is 11.5 Å². The SMILES string of the molecule is CCCOc1cc(-c2cc(OCCC)c(N/N=C3/C(=O)N(c4ccccc4)N=C3C)cc2C)c(C)cc1N/N=C1\C(=O)N(c2ccccc2)N=C1C. The molecule has 12 nitrogen and oxygen atoms in total. The number of hydrogen-bond acceptors (Lipinski definition) is 10. The molecule has 0 saturated heterocycles. The molecular weight excluding hydrogens is 656 g/mol. The summed E-state index contributed by atoms with van der Waals surface area (Å²) in [5.74, 6) is 0.548. The fourth-order valence-corrected chi connectivity index (χ4v) is 5.77. The van der Waals surface area contributed by atoms with E-state index in [0.29, 0.717) is 58.9 Å². The molecule has 6 rings (SSSR count). The lowest BCUT2D eigenvalue weighted by Gasteiger charge is -2.19. The second kappa shape index (κ2) is 15.7. The third-order valence-corrected chi connectivity index (χ3v) is 8.42. The second-order valence-corrected chi connectivity index (χ2v) is 12.4. The maximum atomic E-state index is 13.3.